The highest BCUT2D eigenvalue weighted by Gasteiger charge is 2.29. The molecule has 1 aromatic carbocycles. The number of hydrogen-bond donors (Lipinski definition) is 1. The van der Waals surface area contributed by atoms with E-state index in [1.807, 2.05) is 56.3 Å². The van der Waals surface area contributed by atoms with Crippen LogP contribution in [0, 0.1) is 0 Å². The number of amides is 1. The van der Waals surface area contributed by atoms with E-state index >= 15 is 0 Å². The van der Waals surface area contributed by atoms with Crippen LogP contribution in [0.5, 0.6) is 0 Å². The summed E-state index contributed by atoms with van der Waals surface area (Å²) in [6.07, 6.45) is 8.04. The second-order valence-electron chi connectivity index (χ2n) is 7.30. The molecule has 1 N–H and O–H groups in total. The van der Waals surface area contributed by atoms with Gasteiger partial charge in [-0.15, -0.1) is 0 Å². The number of pyridine rings is 1. The lowest BCUT2D eigenvalue weighted by molar-refractivity contribution is -0.117. The molecule has 1 unspecified atom stereocenters. The van der Waals surface area contributed by atoms with Gasteiger partial charge in [0.25, 0.3) is 5.91 Å². The molecule has 2 aromatic rings. The Morgan fingerprint density at radius 3 is 2.55 bits per heavy atom. The van der Waals surface area contributed by atoms with E-state index in [4.69, 9.17) is 0 Å². The first kappa shape index (κ1) is 20.3. The molecule has 1 aliphatic rings. The summed E-state index contributed by atoms with van der Waals surface area (Å²) in [6, 6.07) is 12.1. The molecule has 1 fully saturated rings. The van der Waals surface area contributed by atoms with Gasteiger partial charge in [0.1, 0.15) is 0 Å². The average molecular weight is 386 g/mol. The minimum absolute atomic E-state index is 0.108. The number of aromatic nitrogens is 1. The second kappa shape index (κ2) is 8.74. The number of nitrogens with zero attached hydrogens (tertiary/aromatic N) is 2. The van der Waals surface area contributed by atoms with Crippen LogP contribution in [0.25, 0.3) is 11.1 Å². The van der Waals surface area contributed by atoms with Crippen LogP contribution in [0.3, 0.4) is 0 Å². The second-order valence-corrected chi connectivity index (χ2v) is 7.30. The summed E-state index contributed by atoms with van der Waals surface area (Å²) in [7, 11) is 1.95. The minimum Gasteiger partial charge on any atom is -0.346 e. The number of carbonyl (C=O) groups excluding carboxylic acids is 1. The highest BCUT2D eigenvalue weighted by atomic mass is 16.1. The van der Waals surface area contributed by atoms with Crippen LogP contribution in [-0.4, -0.2) is 28.9 Å². The van der Waals surface area contributed by atoms with E-state index in [0.717, 1.165) is 33.7 Å². The van der Waals surface area contributed by atoms with Crippen molar-refractivity contribution in [3.63, 3.8) is 0 Å². The molecule has 0 saturated carbocycles. The molecular formula is C25H27N3O. The quantitative estimate of drug-likeness (QED) is 0.780. The molecule has 1 amide bonds. The van der Waals surface area contributed by atoms with Crippen molar-refractivity contribution < 1.29 is 4.79 Å². The molecule has 1 aliphatic heterocycles. The van der Waals surface area contributed by atoms with Crippen LogP contribution in [0.15, 0.2) is 96.6 Å². The van der Waals surface area contributed by atoms with Gasteiger partial charge in [0.2, 0.25) is 0 Å². The van der Waals surface area contributed by atoms with Crippen molar-refractivity contribution in [1.82, 2.24) is 15.2 Å². The third-order valence-corrected chi connectivity index (χ3v) is 5.07. The van der Waals surface area contributed by atoms with Crippen LogP contribution in [-0.2, 0) is 11.2 Å². The predicted molar refractivity (Wildman–Crippen MR) is 119 cm³/mol. The molecule has 4 nitrogen and oxygen atoms in total. The van der Waals surface area contributed by atoms with Crippen molar-refractivity contribution in [2.75, 3.05) is 7.05 Å². The molecule has 148 valence electrons. The van der Waals surface area contributed by atoms with Gasteiger partial charge in [-0.2, -0.15) is 0 Å². The summed E-state index contributed by atoms with van der Waals surface area (Å²) in [5.74, 6) is -0.108. The van der Waals surface area contributed by atoms with Gasteiger partial charge < -0.3 is 10.2 Å². The Bertz CT molecular complexity index is 984. The first-order valence-corrected chi connectivity index (χ1v) is 9.67. The fourth-order valence-corrected chi connectivity index (χ4v) is 3.51. The molecule has 1 atom stereocenters. The first-order valence-electron chi connectivity index (χ1n) is 9.67. The molecule has 0 spiro atoms. The normalized spacial score (nSPS) is 20.0. The predicted octanol–water partition coefficient (Wildman–Crippen LogP) is 4.64. The standard InChI is InChI=1S/C25H27N3O/c1-6-24-22(14-17(2)3)25(29)27-23(18(4)28(24)5)15-19-9-11-20(12-10-19)21-8-7-13-26-16-21/h6-14,16,23H,2,4,15H2,1,3,5H3,(H,27,29)/b22-14+,24-6+. The Hall–Kier alpha value is -3.40. The first-order chi connectivity index (χ1) is 13.9. The van der Waals surface area contributed by atoms with Crippen LogP contribution < -0.4 is 5.32 Å². The van der Waals surface area contributed by atoms with Gasteiger partial charge >= 0.3 is 0 Å². The third-order valence-electron chi connectivity index (χ3n) is 5.07. The molecule has 0 bridgehead atoms. The van der Waals surface area contributed by atoms with Crippen molar-refractivity contribution in [2.45, 2.75) is 26.3 Å². The molecule has 3 rings (SSSR count). The number of allylic oxidation sites excluding steroid dienone is 3. The Balaban J connectivity index is 1.85. The van der Waals surface area contributed by atoms with Gasteiger partial charge in [-0.3, -0.25) is 9.78 Å². The van der Waals surface area contributed by atoms with Gasteiger partial charge in [-0.1, -0.05) is 55.1 Å². The summed E-state index contributed by atoms with van der Waals surface area (Å²) in [4.78, 5) is 19.1. The van der Waals surface area contributed by atoms with Crippen LogP contribution in [0.2, 0.25) is 0 Å². The molecule has 1 aromatic heterocycles. The Morgan fingerprint density at radius 1 is 1.24 bits per heavy atom. The van der Waals surface area contributed by atoms with Crippen molar-refractivity contribution in [1.29, 1.82) is 0 Å². The smallest absolute Gasteiger partial charge is 0.253 e. The summed E-state index contributed by atoms with van der Waals surface area (Å²) in [6.45, 7) is 12.0. The van der Waals surface area contributed by atoms with E-state index in [-0.39, 0.29) is 11.9 Å². The lowest BCUT2D eigenvalue weighted by Gasteiger charge is -2.26. The van der Waals surface area contributed by atoms with Gasteiger partial charge in [-0.25, -0.2) is 0 Å². The highest BCUT2D eigenvalue weighted by molar-refractivity contribution is 5.99. The number of nitrogens with one attached hydrogen (secondary N) is 1. The van der Waals surface area contributed by atoms with E-state index < -0.39 is 0 Å². The van der Waals surface area contributed by atoms with Gasteiger partial charge in [0.05, 0.1) is 11.6 Å². The van der Waals surface area contributed by atoms with Crippen LogP contribution >= 0.6 is 0 Å². The lowest BCUT2D eigenvalue weighted by atomic mass is 10.00. The zero-order valence-corrected chi connectivity index (χ0v) is 17.3. The Kier molecular flexibility index (Phi) is 6.13. The van der Waals surface area contributed by atoms with Gasteiger partial charge in [-0.05, 0) is 49.1 Å². The molecule has 4 heteroatoms. The van der Waals surface area contributed by atoms with E-state index in [2.05, 4.69) is 47.7 Å². The summed E-state index contributed by atoms with van der Waals surface area (Å²) < 4.78 is 0. The maximum Gasteiger partial charge on any atom is 0.253 e. The zero-order valence-electron chi connectivity index (χ0n) is 17.3. The minimum atomic E-state index is -0.192. The molecule has 2 heterocycles. The number of carbonyl (C=O) groups is 1. The monoisotopic (exact) mass is 385 g/mol. The summed E-state index contributed by atoms with van der Waals surface area (Å²) in [5.41, 5.74) is 6.46. The number of likely N-dealkylation sites (N-methyl/N-ethyl adjacent to an activating group) is 1. The fraction of sp³-hybridized carbons (Fsp3) is 0.200. The van der Waals surface area contributed by atoms with E-state index in [1.54, 1.807) is 6.20 Å². The van der Waals surface area contributed by atoms with Crippen LogP contribution in [0.4, 0.5) is 0 Å². The summed E-state index contributed by atoms with van der Waals surface area (Å²) in [5, 5.41) is 3.13. The molecule has 29 heavy (non-hydrogen) atoms. The van der Waals surface area contributed by atoms with Crippen LogP contribution in [0.1, 0.15) is 19.4 Å². The van der Waals surface area contributed by atoms with E-state index in [0.29, 0.717) is 12.0 Å². The zero-order chi connectivity index (χ0) is 21.0. The topological polar surface area (TPSA) is 45.2 Å². The Morgan fingerprint density at radius 2 is 1.97 bits per heavy atom. The lowest BCUT2D eigenvalue weighted by Crippen LogP contribution is -2.38. The Labute approximate surface area is 173 Å². The van der Waals surface area contributed by atoms with Crippen molar-refractivity contribution in [3.05, 3.63) is 102 Å². The van der Waals surface area contributed by atoms with E-state index in [1.165, 1.54) is 0 Å². The maximum atomic E-state index is 12.9. The largest absolute Gasteiger partial charge is 0.346 e. The van der Waals surface area contributed by atoms with Crippen molar-refractivity contribution >= 4 is 5.91 Å². The summed E-state index contributed by atoms with van der Waals surface area (Å²) >= 11 is 0. The fourth-order valence-electron chi connectivity index (χ4n) is 3.51. The maximum absolute atomic E-state index is 12.9. The third kappa shape index (κ3) is 4.54. The average Bonchev–Trinajstić information content (AvgIpc) is 2.80. The molecular weight excluding hydrogens is 358 g/mol. The number of rotatable bonds is 4. The number of benzene rings is 1. The highest BCUT2D eigenvalue weighted by Crippen LogP contribution is 2.27. The van der Waals surface area contributed by atoms with Crippen molar-refractivity contribution in [2.24, 2.45) is 0 Å². The number of hydrogen-bond acceptors (Lipinski definition) is 3. The molecule has 0 aliphatic carbocycles. The molecule has 0 radical (unpaired) electrons. The van der Waals surface area contributed by atoms with E-state index in [9.17, 15) is 4.79 Å². The van der Waals surface area contributed by atoms with Gasteiger partial charge in [0, 0.05) is 30.8 Å². The van der Waals surface area contributed by atoms with Gasteiger partial charge in [0.15, 0.2) is 0 Å². The molecule has 1 saturated heterocycles. The van der Waals surface area contributed by atoms with Crippen molar-refractivity contribution in [3.8, 4) is 11.1 Å². The SMILES string of the molecule is C=C(C)/C=C1/C(=O)NC(Cc2ccc(-c3cccnc3)cc2)C(=C)N(C)/C1=C/C.